The van der Waals surface area contributed by atoms with Crippen molar-refractivity contribution in [3.8, 4) is 11.3 Å². The van der Waals surface area contributed by atoms with Gasteiger partial charge in [0.15, 0.2) is 0 Å². The molecule has 2 aromatic carbocycles. The number of nitrogens with zero attached hydrogens (tertiary/aromatic N) is 2. The number of carbonyl (C=O) groups excluding carboxylic acids is 1. The number of hydrogen-bond acceptors (Lipinski definition) is 3. The molecule has 0 aliphatic carbocycles. The van der Waals surface area contributed by atoms with Gasteiger partial charge in [-0.05, 0) is 30.7 Å². The first-order valence-electron chi connectivity index (χ1n) is 9.03. The lowest BCUT2D eigenvalue weighted by atomic mass is 9.94. The lowest BCUT2D eigenvalue weighted by Gasteiger charge is -2.23. The Morgan fingerprint density at radius 2 is 1.89 bits per heavy atom. The zero-order valence-electron chi connectivity index (χ0n) is 14.9. The van der Waals surface area contributed by atoms with E-state index in [2.05, 4.69) is 10.2 Å². The molecular weight excluding hydrogens is 360 g/mol. The Kier molecular flexibility index (Phi) is 4.97. The summed E-state index contributed by atoms with van der Waals surface area (Å²) in [5.41, 5.74) is 10.7. The minimum atomic E-state index is -0.216. The van der Waals surface area contributed by atoms with Crippen LogP contribution in [0.4, 0.5) is 0 Å². The topological polar surface area (TPSA) is 75.0 Å². The molecule has 3 N–H and O–H groups in total. The third-order valence-electron chi connectivity index (χ3n) is 5.04. The van der Waals surface area contributed by atoms with Crippen LogP contribution in [0.1, 0.15) is 29.2 Å². The van der Waals surface area contributed by atoms with Gasteiger partial charge in [0.2, 0.25) is 5.91 Å². The van der Waals surface area contributed by atoms with Gasteiger partial charge in [0.1, 0.15) is 0 Å². The molecule has 1 aliphatic rings. The molecule has 138 valence electrons. The molecule has 1 amide bonds. The van der Waals surface area contributed by atoms with E-state index in [9.17, 15) is 4.79 Å². The number of aromatic nitrogens is 2. The highest BCUT2D eigenvalue weighted by atomic mass is 35.5. The maximum atomic E-state index is 13.2. The highest BCUT2D eigenvalue weighted by molar-refractivity contribution is 6.30. The highest BCUT2D eigenvalue weighted by Crippen LogP contribution is 2.33. The van der Waals surface area contributed by atoms with Crippen LogP contribution >= 0.6 is 11.6 Å². The van der Waals surface area contributed by atoms with Crippen molar-refractivity contribution >= 4 is 17.5 Å². The fourth-order valence-electron chi connectivity index (χ4n) is 3.65. The predicted molar refractivity (Wildman–Crippen MR) is 106 cm³/mol. The molecular formula is C21H21ClN4O. The molecule has 1 aromatic heterocycles. The summed E-state index contributed by atoms with van der Waals surface area (Å²) >= 11 is 5.99. The van der Waals surface area contributed by atoms with Crippen LogP contribution in [0.15, 0.2) is 54.6 Å². The van der Waals surface area contributed by atoms with Crippen molar-refractivity contribution in [2.45, 2.75) is 25.4 Å². The van der Waals surface area contributed by atoms with Gasteiger partial charge in [0, 0.05) is 16.1 Å². The molecule has 0 saturated heterocycles. The Bertz CT molecular complexity index is 937. The van der Waals surface area contributed by atoms with Crippen LogP contribution < -0.4 is 5.73 Å². The average Bonchev–Trinajstić information content (AvgIpc) is 3.28. The Balaban J connectivity index is 1.57. The molecule has 0 spiro atoms. The second kappa shape index (κ2) is 7.55. The normalized spacial score (nSPS) is 14.2. The Morgan fingerprint density at radius 3 is 2.59 bits per heavy atom. The Labute approximate surface area is 163 Å². The van der Waals surface area contributed by atoms with Crippen molar-refractivity contribution in [2.24, 2.45) is 5.73 Å². The summed E-state index contributed by atoms with van der Waals surface area (Å²) in [6, 6.07) is 17.5. The van der Waals surface area contributed by atoms with Gasteiger partial charge < -0.3 is 10.6 Å². The molecule has 27 heavy (non-hydrogen) atoms. The van der Waals surface area contributed by atoms with E-state index < -0.39 is 0 Å². The molecule has 2 heterocycles. The lowest BCUT2D eigenvalue weighted by molar-refractivity contribution is -0.133. The molecule has 0 saturated carbocycles. The fraction of sp³-hybridized carbons (Fsp3) is 0.238. The average molecular weight is 381 g/mol. The SMILES string of the molecule is NCCC(C(=O)N1Cc2[nH]nc(-c3ccc(Cl)cc3)c2C1)c1ccccc1. The van der Waals surface area contributed by atoms with Crippen LogP contribution in [0, 0.1) is 0 Å². The lowest BCUT2D eigenvalue weighted by Crippen LogP contribution is -2.32. The summed E-state index contributed by atoms with van der Waals surface area (Å²) < 4.78 is 0. The van der Waals surface area contributed by atoms with Gasteiger partial charge in [-0.1, -0.05) is 54.1 Å². The molecule has 0 bridgehead atoms. The predicted octanol–water partition coefficient (Wildman–Crippen LogP) is 3.70. The summed E-state index contributed by atoms with van der Waals surface area (Å²) in [7, 11) is 0. The van der Waals surface area contributed by atoms with E-state index in [1.807, 2.05) is 59.5 Å². The number of benzene rings is 2. The van der Waals surface area contributed by atoms with Gasteiger partial charge in [0.25, 0.3) is 0 Å². The van der Waals surface area contributed by atoms with Crippen molar-refractivity contribution in [3.63, 3.8) is 0 Å². The molecule has 1 atom stereocenters. The maximum Gasteiger partial charge on any atom is 0.230 e. The molecule has 3 aromatic rings. The van der Waals surface area contributed by atoms with E-state index in [1.54, 1.807) is 0 Å². The minimum Gasteiger partial charge on any atom is -0.332 e. The van der Waals surface area contributed by atoms with E-state index in [0.29, 0.717) is 31.1 Å². The third kappa shape index (κ3) is 3.48. The van der Waals surface area contributed by atoms with Crippen LogP contribution in [-0.4, -0.2) is 27.5 Å². The second-order valence-electron chi connectivity index (χ2n) is 6.77. The number of nitrogens with one attached hydrogen (secondary N) is 1. The monoisotopic (exact) mass is 380 g/mol. The van der Waals surface area contributed by atoms with E-state index in [0.717, 1.165) is 28.1 Å². The number of H-pyrrole nitrogens is 1. The molecule has 5 nitrogen and oxygen atoms in total. The smallest absolute Gasteiger partial charge is 0.230 e. The molecule has 0 radical (unpaired) electrons. The number of aromatic amines is 1. The van der Waals surface area contributed by atoms with Crippen molar-refractivity contribution in [1.82, 2.24) is 15.1 Å². The van der Waals surface area contributed by atoms with E-state index in [1.165, 1.54) is 0 Å². The van der Waals surface area contributed by atoms with Crippen molar-refractivity contribution in [3.05, 3.63) is 76.4 Å². The van der Waals surface area contributed by atoms with Crippen LogP contribution in [0.5, 0.6) is 0 Å². The van der Waals surface area contributed by atoms with E-state index in [-0.39, 0.29) is 11.8 Å². The quantitative estimate of drug-likeness (QED) is 0.708. The number of nitrogens with two attached hydrogens (primary N) is 1. The van der Waals surface area contributed by atoms with Gasteiger partial charge >= 0.3 is 0 Å². The van der Waals surface area contributed by atoms with E-state index >= 15 is 0 Å². The maximum absolute atomic E-state index is 13.2. The molecule has 4 rings (SSSR count). The zero-order chi connectivity index (χ0) is 18.8. The second-order valence-corrected chi connectivity index (χ2v) is 7.21. The number of amides is 1. The van der Waals surface area contributed by atoms with Gasteiger partial charge in [-0.25, -0.2) is 0 Å². The summed E-state index contributed by atoms with van der Waals surface area (Å²) in [5.74, 6) is -0.106. The van der Waals surface area contributed by atoms with Crippen molar-refractivity contribution in [1.29, 1.82) is 0 Å². The molecule has 1 unspecified atom stereocenters. The number of fused-ring (bicyclic) bond motifs is 1. The summed E-state index contributed by atoms with van der Waals surface area (Å²) in [5, 5.41) is 8.23. The van der Waals surface area contributed by atoms with Crippen molar-refractivity contribution < 1.29 is 4.79 Å². The summed E-state index contributed by atoms with van der Waals surface area (Å²) in [6.07, 6.45) is 0.634. The van der Waals surface area contributed by atoms with E-state index in [4.69, 9.17) is 17.3 Å². The van der Waals surface area contributed by atoms with Crippen molar-refractivity contribution in [2.75, 3.05) is 6.54 Å². The summed E-state index contributed by atoms with van der Waals surface area (Å²) in [4.78, 5) is 15.1. The first-order valence-corrected chi connectivity index (χ1v) is 9.41. The Hall–Kier alpha value is -2.63. The third-order valence-corrected chi connectivity index (χ3v) is 5.29. The number of hydrogen-bond donors (Lipinski definition) is 2. The van der Waals surface area contributed by atoms with Gasteiger partial charge in [-0.15, -0.1) is 0 Å². The van der Waals surface area contributed by atoms with Crippen LogP contribution in [0.3, 0.4) is 0 Å². The first-order chi connectivity index (χ1) is 13.2. The van der Waals surface area contributed by atoms with Gasteiger partial charge in [-0.2, -0.15) is 5.10 Å². The minimum absolute atomic E-state index is 0.110. The molecule has 1 aliphatic heterocycles. The molecule has 6 heteroatoms. The number of halogens is 1. The Morgan fingerprint density at radius 1 is 1.15 bits per heavy atom. The van der Waals surface area contributed by atoms with Crippen LogP contribution in [0.25, 0.3) is 11.3 Å². The fourth-order valence-corrected chi connectivity index (χ4v) is 3.77. The standard InChI is InChI=1S/C21H21ClN4O/c22-16-8-6-15(7-9-16)20-18-12-26(13-19(18)24-25-20)21(27)17(10-11-23)14-4-2-1-3-5-14/h1-9,17H,10-13,23H2,(H,24,25). The van der Waals surface area contributed by atoms with Crippen LogP contribution in [-0.2, 0) is 17.9 Å². The first kappa shape index (κ1) is 17.8. The van der Waals surface area contributed by atoms with Gasteiger partial charge in [0.05, 0.1) is 30.4 Å². The molecule has 0 fully saturated rings. The summed E-state index contributed by atoms with van der Waals surface area (Å²) in [6.45, 7) is 1.57. The number of carbonyl (C=O) groups is 1. The number of rotatable bonds is 5. The highest BCUT2D eigenvalue weighted by Gasteiger charge is 2.32. The van der Waals surface area contributed by atoms with Gasteiger partial charge in [-0.3, -0.25) is 9.89 Å². The largest absolute Gasteiger partial charge is 0.332 e. The zero-order valence-corrected chi connectivity index (χ0v) is 15.6. The van der Waals surface area contributed by atoms with Crippen LogP contribution in [0.2, 0.25) is 5.02 Å².